The fourth-order valence-electron chi connectivity index (χ4n) is 1.33. The van der Waals surface area contributed by atoms with Crippen LogP contribution in [0.15, 0.2) is 0 Å². The summed E-state index contributed by atoms with van der Waals surface area (Å²) in [5, 5.41) is 0. The van der Waals surface area contributed by atoms with E-state index in [4.69, 9.17) is 14.2 Å². The van der Waals surface area contributed by atoms with E-state index >= 15 is 0 Å². The van der Waals surface area contributed by atoms with E-state index in [0.29, 0.717) is 26.4 Å². The first-order valence-electron chi connectivity index (χ1n) is 4.83. The average molecular weight is 201 g/mol. The summed E-state index contributed by atoms with van der Waals surface area (Å²) in [4.78, 5) is 13.3. The van der Waals surface area contributed by atoms with Gasteiger partial charge in [-0.2, -0.15) is 0 Å². The molecular weight excluding hydrogens is 186 g/mol. The largest absolute Gasteiger partial charge is 0.376 e. The molecule has 2 heterocycles. The van der Waals surface area contributed by atoms with Crippen LogP contribution in [0.5, 0.6) is 0 Å². The van der Waals surface area contributed by atoms with Crippen molar-refractivity contribution in [1.82, 2.24) is 4.90 Å². The fraction of sp³-hybridized carbons (Fsp3) is 0.889. The maximum Gasteiger partial charge on any atom is 0.253 e. The Labute approximate surface area is 82.9 Å². The molecule has 2 aliphatic rings. The minimum atomic E-state index is -0.452. The first-order chi connectivity index (χ1) is 6.77. The lowest BCUT2D eigenvalue weighted by atomic mass is 10.3. The third-order valence-electron chi connectivity index (χ3n) is 2.38. The molecule has 0 radical (unpaired) electrons. The van der Waals surface area contributed by atoms with Crippen molar-refractivity contribution in [2.24, 2.45) is 0 Å². The Morgan fingerprint density at radius 3 is 3.07 bits per heavy atom. The Kier molecular flexibility index (Phi) is 3.00. The van der Waals surface area contributed by atoms with E-state index in [9.17, 15) is 4.79 Å². The summed E-state index contributed by atoms with van der Waals surface area (Å²) in [7, 11) is 1.76. The summed E-state index contributed by atoms with van der Waals surface area (Å²) in [6.45, 7) is 2.82. The zero-order valence-corrected chi connectivity index (χ0v) is 8.27. The Morgan fingerprint density at radius 1 is 1.57 bits per heavy atom. The van der Waals surface area contributed by atoms with Crippen molar-refractivity contribution < 1.29 is 19.0 Å². The van der Waals surface area contributed by atoms with Gasteiger partial charge in [-0.1, -0.05) is 0 Å². The zero-order chi connectivity index (χ0) is 9.97. The summed E-state index contributed by atoms with van der Waals surface area (Å²) in [5.41, 5.74) is 0. The monoisotopic (exact) mass is 201 g/mol. The lowest BCUT2D eigenvalue weighted by molar-refractivity contribution is -0.142. The molecule has 0 saturated carbocycles. The van der Waals surface area contributed by atoms with Crippen molar-refractivity contribution in [3.63, 3.8) is 0 Å². The van der Waals surface area contributed by atoms with Crippen molar-refractivity contribution in [3.05, 3.63) is 0 Å². The number of ether oxygens (including phenoxy) is 3. The molecule has 2 fully saturated rings. The predicted molar refractivity (Wildman–Crippen MR) is 47.9 cm³/mol. The molecule has 2 saturated heterocycles. The second-order valence-electron chi connectivity index (χ2n) is 3.61. The van der Waals surface area contributed by atoms with Crippen LogP contribution in [0.3, 0.4) is 0 Å². The highest BCUT2D eigenvalue weighted by Crippen LogP contribution is 2.12. The van der Waals surface area contributed by atoms with E-state index in [0.717, 1.165) is 6.61 Å². The quantitative estimate of drug-likeness (QED) is 0.564. The van der Waals surface area contributed by atoms with Gasteiger partial charge >= 0.3 is 0 Å². The van der Waals surface area contributed by atoms with Gasteiger partial charge in [0.1, 0.15) is 6.10 Å². The molecule has 0 N–H and O–H groups in total. The van der Waals surface area contributed by atoms with E-state index in [1.54, 1.807) is 11.9 Å². The molecule has 5 nitrogen and oxygen atoms in total. The third-order valence-corrected chi connectivity index (χ3v) is 2.38. The topological polar surface area (TPSA) is 51.3 Å². The van der Waals surface area contributed by atoms with Gasteiger partial charge in [-0.05, 0) is 0 Å². The van der Waals surface area contributed by atoms with Gasteiger partial charge < -0.3 is 19.1 Å². The minimum Gasteiger partial charge on any atom is -0.376 e. The van der Waals surface area contributed by atoms with E-state index in [1.807, 2.05) is 0 Å². The van der Waals surface area contributed by atoms with Crippen LogP contribution >= 0.6 is 0 Å². The van der Waals surface area contributed by atoms with Gasteiger partial charge in [0.15, 0.2) is 6.10 Å². The van der Waals surface area contributed by atoms with E-state index in [2.05, 4.69) is 0 Å². The molecule has 2 atom stereocenters. The number of rotatable bonds is 3. The Bertz CT molecular complexity index is 217. The van der Waals surface area contributed by atoms with Crippen molar-refractivity contribution in [1.29, 1.82) is 0 Å². The lowest BCUT2D eigenvalue weighted by Crippen LogP contribution is -2.38. The number of epoxide rings is 1. The third kappa shape index (κ3) is 2.43. The van der Waals surface area contributed by atoms with Gasteiger partial charge in [0.05, 0.1) is 26.4 Å². The smallest absolute Gasteiger partial charge is 0.253 e. The molecule has 0 aliphatic carbocycles. The zero-order valence-electron chi connectivity index (χ0n) is 8.27. The van der Waals surface area contributed by atoms with E-state index in [1.165, 1.54) is 0 Å². The van der Waals surface area contributed by atoms with Crippen LogP contribution < -0.4 is 0 Å². The highest BCUT2D eigenvalue weighted by Gasteiger charge is 2.29. The highest BCUT2D eigenvalue weighted by molar-refractivity contribution is 5.81. The van der Waals surface area contributed by atoms with Gasteiger partial charge in [-0.3, -0.25) is 4.79 Å². The number of likely N-dealkylation sites (N-methyl/N-ethyl adjacent to an activating group) is 1. The van der Waals surface area contributed by atoms with E-state index in [-0.39, 0.29) is 12.0 Å². The highest BCUT2D eigenvalue weighted by atomic mass is 16.6. The number of nitrogens with zero attached hydrogens (tertiary/aromatic N) is 1. The van der Waals surface area contributed by atoms with E-state index < -0.39 is 6.10 Å². The fourth-order valence-corrected chi connectivity index (χ4v) is 1.33. The van der Waals surface area contributed by atoms with Crippen LogP contribution in [-0.2, 0) is 19.0 Å². The molecule has 0 aromatic carbocycles. The second-order valence-corrected chi connectivity index (χ2v) is 3.61. The van der Waals surface area contributed by atoms with Crippen LogP contribution in [0.4, 0.5) is 0 Å². The molecule has 0 bridgehead atoms. The van der Waals surface area contributed by atoms with Crippen molar-refractivity contribution in [2.75, 3.05) is 40.0 Å². The molecule has 0 spiro atoms. The molecule has 5 heteroatoms. The number of carbonyl (C=O) groups is 1. The van der Waals surface area contributed by atoms with Gasteiger partial charge in [-0.25, -0.2) is 0 Å². The minimum absolute atomic E-state index is 0.00292. The van der Waals surface area contributed by atoms with Gasteiger partial charge in [0, 0.05) is 13.6 Å². The van der Waals surface area contributed by atoms with Crippen LogP contribution in [0.25, 0.3) is 0 Å². The van der Waals surface area contributed by atoms with Gasteiger partial charge in [0.2, 0.25) is 0 Å². The van der Waals surface area contributed by atoms with Gasteiger partial charge in [-0.15, -0.1) is 0 Å². The number of hydrogen-bond donors (Lipinski definition) is 0. The van der Waals surface area contributed by atoms with Crippen molar-refractivity contribution in [3.8, 4) is 0 Å². The maximum absolute atomic E-state index is 11.7. The summed E-state index contributed by atoms with van der Waals surface area (Å²) in [5.74, 6) is 0.00292. The number of carbonyl (C=O) groups excluding carboxylic acids is 1. The molecule has 14 heavy (non-hydrogen) atoms. The Balaban J connectivity index is 1.83. The molecule has 80 valence electrons. The summed E-state index contributed by atoms with van der Waals surface area (Å²) in [6.07, 6.45) is -0.261. The van der Waals surface area contributed by atoms with Crippen LogP contribution in [0, 0.1) is 0 Å². The Hall–Kier alpha value is -0.650. The SMILES string of the molecule is CN1CCOCC(OCC2CO2)C1=O. The van der Waals surface area contributed by atoms with Crippen molar-refractivity contribution in [2.45, 2.75) is 12.2 Å². The molecule has 0 aromatic rings. The first-order valence-corrected chi connectivity index (χ1v) is 4.83. The van der Waals surface area contributed by atoms with Crippen LogP contribution in [-0.4, -0.2) is 63.0 Å². The normalized spacial score (nSPS) is 32.9. The van der Waals surface area contributed by atoms with Crippen LogP contribution in [0.1, 0.15) is 0 Å². The standard InChI is InChI=1S/C9H15NO4/c1-10-2-3-12-6-8(9(10)11)14-5-7-4-13-7/h7-8H,2-6H2,1H3. The molecular formula is C9H15NO4. The first kappa shape index (κ1) is 9.89. The number of hydrogen-bond acceptors (Lipinski definition) is 4. The summed E-state index contributed by atoms with van der Waals surface area (Å²) in [6, 6.07) is 0. The molecule has 0 aromatic heterocycles. The molecule has 2 rings (SSSR count). The Morgan fingerprint density at radius 2 is 2.36 bits per heavy atom. The molecule has 2 aliphatic heterocycles. The second kappa shape index (κ2) is 4.25. The number of amides is 1. The van der Waals surface area contributed by atoms with Gasteiger partial charge in [0.25, 0.3) is 5.91 Å². The summed E-state index contributed by atoms with van der Waals surface area (Å²) >= 11 is 0. The molecule has 2 unspecified atom stereocenters. The predicted octanol–water partition coefficient (Wildman–Crippen LogP) is -0.741. The lowest BCUT2D eigenvalue weighted by Gasteiger charge is -2.18. The molecule has 1 amide bonds. The van der Waals surface area contributed by atoms with Crippen LogP contribution in [0.2, 0.25) is 0 Å². The average Bonchev–Trinajstić information content (AvgIpc) is 2.98. The maximum atomic E-state index is 11.7. The summed E-state index contributed by atoms with van der Waals surface area (Å²) < 4.78 is 15.7. The van der Waals surface area contributed by atoms with Crippen molar-refractivity contribution >= 4 is 5.91 Å².